The maximum absolute atomic E-state index is 5.46. The molecule has 0 radical (unpaired) electrons. The average molecular weight is 276 g/mol. The van der Waals surface area contributed by atoms with Crippen molar-refractivity contribution in [2.24, 2.45) is 0 Å². The van der Waals surface area contributed by atoms with Crippen LogP contribution in [0.1, 0.15) is 43.4 Å². The first kappa shape index (κ1) is 15.3. The van der Waals surface area contributed by atoms with Gasteiger partial charge in [-0.05, 0) is 65.4 Å². The maximum Gasteiger partial charge on any atom is 0.123 e. The minimum absolute atomic E-state index is 0.337. The number of ether oxygens (including phenoxy) is 1. The van der Waals surface area contributed by atoms with Crippen molar-refractivity contribution in [1.29, 1.82) is 0 Å². The second kappa shape index (κ2) is 7.65. The van der Waals surface area contributed by atoms with Gasteiger partial charge in [-0.25, -0.2) is 0 Å². The van der Waals surface area contributed by atoms with Crippen LogP contribution in [0, 0.1) is 6.92 Å². The molecular weight excluding hydrogens is 248 g/mol. The second-order valence-electron chi connectivity index (χ2n) is 5.82. The Morgan fingerprint density at radius 1 is 1.30 bits per heavy atom. The van der Waals surface area contributed by atoms with Gasteiger partial charge in [0.2, 0.25) is 0 Å². The summed E-state index contributed by atoms with van der Waals surface area (Å²) < 4.78 is 5.46. The summed E-state index contributed by atoms with van der Waals surface area (Å²) in [6.45, 7) is 9.22. The number of likely N-dealkylation sites (tertiary alicyclic amines) is 1. The Kier molecular flexibility index (Phi) is 5.86. The third-order valence-corrected chi connectivity index (χ3v) is 4.15. The molecule has 1 unspecified atom stereocenters. The first-order chi connectivity index (χ1) is 9.70. The van der Waals surface area contributed by atoms with E-state index in [0.29, 0.717) is 6.04 Å². The fourth-order valence-electron chi connectivity index (χ4n) is 2.93. The highest BCUT2D eigenvalue weighted by atomic mass is 16.5. The van der Waals surface area contributed by atoms with Crippen LogP contribution in [0.3, 0.4) is 0 Å². The van der Waals surface area contributed by atoms with E-state index in [-0.39, 0.29) is 0 Å². The zero-order valence-corrected chi connectivity index (χ0v) is 13.1. The molecule has 0 spiro atoms. The summed E-state index contributed by atoms with van der Waals surface area (Å²) in [6, 6.07) is 6.72. The van der Waals surface area contributed by atoms with Crippen LogP contribution in [0.15, 0.2) is 18.2 Å². The van der Waals surface area contributed by atoms with Crippen molar-refractivity contribution in [3.8, 4) is 5.75 Å². The topological polar surface area (TPSA) is 24.5 Å². The molecule has 0 aromatic heterocycles. The van der Waals surface area contributed by atoms with Crippen molar-refractivity contribution in [2.75, 3.05) is 33.3 Å². The number of rotatable bonds is 7. The van der Waals surface area contributed by atoms with Crippen LogP contribution in [0.25, 0.3) is 0 Å². The molecule has 1 heterocycles. The largest absolute Gasteiger partial charge is 0.496 e. The normalized spacial score (nSPS) is 17.4. The maximum atomic E-state index is 5.46. The lowest BCUT2D eigenvalue weighted by molar-refractivity contribution is 0.328. The molecule has 0 aliphatic carbocycles. The Morgan fingerprint density at radius 2 is 2.05 bits per heavy atom. The standard InChI is InChI=1S/C17H28N2O/c1-14-7-8-17(20-3)16(13-14)15(2)18-9-6-12-19-10-4-5-11-19/h7-8,13,15,18H,4-6,9-12H2,1-3H3. The molecular formula is C17H28N2O. The molecule has 0 amide bonds. The van der Waals surface area contributed by atoms with E-state index in [0.717, 1.165) is 12.3 Å². The second-order valence-corrected chi connectivity index (χ2v) is 5.82. The molecule has 0 bridgehead atoms. The highest BCUT2D eigenvalue weighted by Gasteiger charge is 2.12. The van der Waals surface area contributed by atoms with E-state index in [9.17, 15) is 0 Å². The van der Waals surface area contributed by atoms with E-state index >= 15 is 0 Å². The minimum Gasteiger partial charge on any atom is -0.496 e. The Labute approximate surface area is 123 Å². The van der Waals surface area contributed by atoms with E-state index in [2.05, 4.69) is 42.3 Å². The third kappa shape index (κ3) is 4.22. The molecule has 3 heteroatoms. The average Bonchev–Trinajstić information content (AvgIpc) is 2.96. The minimum atomic E-state index is 0.337. The van der Waals surface area contributed by atoms with Gasteiger partial charge >= 0.3 is 0 Å². The molecule has 0 saturated carbocycles. The zero-order valence-electron chi connectivity index (χ0n) is 13.1. The van der Waals surface area contributed by atoms with Crippen LogP contribution in [0.4, 0.5) is 0 Å². The number of nitrogens with zero attached hydrogens (tertiary/aromatic N) is 1. The lowest BCUT2D eigenvalue weighted by Gasteiger charge is -2.19. The monoisotopic (exact) mass is 276 g/mol. The van der Waals surface area contributed by atoms with E-state index < -0.39 is 0 Å². The van der Waals surface area contributed by atoms with Crippen molar-refractivity contribution >= 4 is 0 Å². The lowest BCUT2D eigenvalue weighted by atomic mass is 10.0. The first-order valence-corrected chi connectivity index (χ1v) is 7.81. The molecule has 20 heavy (non-hydrogen) atoms. The summed E-state index contributed by atoms with van der Waals surface area (Å²) in [4.78, 5) is 2.57. The molecule has 3 nitrogen and oxygen atoms in total. The SMILES string of the molecule is COc1ccc(C)cc1C(C)NCCCN1CCCC1. The van der Waals surface area contributed by atoms with Gasteiger partial charge in [-0.15, -0.1) is 0 Å². The quantitative estimate of drug-likeness (QED) is 0.774. The van der Waals surface area contributed by atoms with Crippen molar-refractivity contribution in [1.82, 2.24) is 10.2 Å². The Hall–Kier alpha value is -1.06. The van der Waals surface area contributed by atoms with Gasteiger partial charge in [0.15, 0.2) is 0 Å². The highest BCUT2D eigenvalue weighted by Crippen LogP contribution is 2.25. The van der Waals surface area contributed by atoms with Gasteiger partial charge in [0.05, 0.1) is 7.11 Å². The first-order valence-electron chi connectivity index (χ1n) is 7.81. The highest BCUT2D eigenvalue weighted by molar-refractivity contribution is 5.38. The van der Waals surface area contributed by atoms with Gasteiger partial charge in [-0.3, -0.25) is 0 Å². The molecule has 112 valence electrons. The number of nitrogens with one attached hydrogen (secondary N) is 1. The number of methoxy groups -OCH3 is 1. The molecule has 1 fully saturated rings. The lowest BCUT2D eigenvalue weighted by Crippen LogP contribution is -2.26. The van der Waals surface area contributed by atoms with Crippen molar-refractivity contribution in [3.05, 3.63) is 29.3 Å². The van der Waals surface area contributed by atoms with Gasteiger partial charge < -0.3 is 15.0 Å². The molecule has 1 atom stereocenters. The summed E-state index contributed by atoms with van der Waals surface area (Å²) in [5, 5.41) is 3.62. The molecule has 1 aromatic carbocycles. The van der Waals surface area contributed by atoms with Crippen LogP contribution >= 0.6 is 0 Å². The van der Waals surface area contributed by atoms with Crippen LogP contribution < -0.4 is 10.1 Å². The fraction of sp³-hybridized carbons (Fsp3) is 0.647. The van der Waals surface area contributed by atoms with E-state index in [4.69, 9.17) is 4.74 Å². The molecule has 1 N–H and O–H groups in total. The summed E-state index contributed by atoms with van der Waals surface area (Å²) in [5.74, 6) is 0.982. The number of aryl methyl sites for hydroxylation is 1. The molecule has 1 aliphatic rings. The van der Waals surface area contributed by atoms with E-state index in [1.54, 1.807) is 7.11 Å². The van der Waals surface area contributed by atoms with Gasteiger partial charge in [0.1, 0.15) is 5.75 Å². The number of benzene rings is 1. The molecule has 1 saturated heterocycles. The van der Waals surface area contributed by atoms with Gasteiger partial charge in [-0.1, -0.05) is 17.7 Å². The number of hydrogen-bond donors (Lipinski definition) is 1. The van der Waals surface area contributed by atoms with Crippen LogP contribution in [-0.2, 0) is 0 Å². The van der Waals surface area contributed by atoms with Gasteiger partial charge in [-0.2, -0.15) is 0 Å². The van der Waals surface area contributed by atoms with Gasteiger partial charge in [0.25, 0.3) is 0 Å². The molecule has 1 aliphatic heterocycles. The Balaban J connectivity index is 1.78. The predicted octanol–water partition coefficient (Wildman–Crippen LogP) is 3.14. The van der Waals surface area contributed by atoms with E-state index in [1.807, 2.05) is 0 Å². The molecule has 2 rings (SSSR count). The van der Waals surface area contributed by atoms with Crippen LogP contribution in [0.5, 0.6) is 5.75 Å². The molecule has 1 aromatic rings. The van der Waals surface area contributed by atoms with Crippen molar-refractivity contribution in [2.45, 2.75) is 39.2 Å². The van der Waals surface area contributed by atoms with Crippen LogP contribution in [-0.4, -0.2) is 38.2 Å². The fourth-order valence-corrected chi connectivity index (χ4v) is 2.93. The summed E-state index contributed by atoms with van der Waals surface area (Å²) in [5.41, 5.74) is 2.54. The van der Waals surface area contributed by atoms with Crippen molar-refractivity contribution in [3.63, 3.8) is 0 Å². The van der Waals surface area contributed by atoms with E-state index in [1.165, 1.54) is 50.0 Å². The Bertz CT molecular complexity index is 413. The van der Waals surface area contributed by atoms with Crippen molar-refractivity contribution < 1.29 is 4.74 Å². The zero-order chi connectivity index (χ0) is 14.4. The smallest absolute Gasteiger partial charge is 0.123 e. The predicted molar refractivity (Wildman–Crippen MR) is 84.4 cm³/mol. The summed E-state index contributed by atoms with van der Waals surface area (Å²) in [7, 11) is 1.74. The van der Waals surface area contributed by atoms with Gasteiger partial charge in [0, 0.05) is 11.6 Å². The Morgan fingerprint density at radius 3 is 2.75 bits per heavy atom. The number of hydrogen-bond acceptors (Lipinski definition) is 3. The summed E-state index contributed by atoms with van der Waals surface area (Å²) in [6.07, 6.45) is 3.98. The summed E-state index contributed by atoms with van der Waals surface area (Å²) >= 11 is 0. The van der Waals surface area contributed by atoms with Crippen LogP contribution in [0.2, 0.25) is 0 Å². The third-order valence-electron chi connectivity index (χ3n) is 4.15.